The van der Waals surface area contributed by atoms with Gasteiger partial charge in [-0.05, 0) is 0 Å². The van der Waals surface area contributed by atoms with Gasteiger partial charge in [-0.2, -0.15) is 0 Å². The Morgan fingerprint density at radius 1 is 1.12 bits per heavy atom. The van der Waals surface area contributed by atoms with Crippen molar-refractivity contribution in [1.29, 1.82) is 0 Å². The Hall–Kier alpha value is -1.58. The van der Waals surface area contributed by atoms with Crippen LogP contribution < -0.4 is 9.47 Å². The maximum absolute atomic E-state index is 5.24. The van der Waals surface area contributed by atoms with Crippen molar-refractivity contribution in [2.45, 2.75) is 0 Å². The van der Waals surface area contributed by atoms with Crippen molar-refractivity contribution in [2.24, 2.45) is 0 Å². The van der Waals surface area contributed by atoms with Gasteiger partial charge in [-0.3, -0.25) is 0 Å². The van der Waals surface area contributed by atoms with Crippen LogP contribution in [0, 0.1) is 0 Å². The molecular formula is C12H12N2O2Se. The Kier molecular flexibility index (Phi) is 3.96. The zero-order valence-electron chi connectivity index (χ0n) is 9.58. The van der Waals surface area contributed by atoms with Gasteiger partial charge in [0.1, 0.15) is 0 Å². The molecule has 0 spiro atoms. The Morgan fingerprint density at radius 2 is 1.94 bits per heavy atom. The molecule has 0 aliphatic rings. The molecule has 0 fully saturated rings. The van der Waals surface area contributed by atoms with Crippen LogP contribution in [0.2, 0.25) is 0 Å². The van der Waals surface area contributed by atoms with Crippen LogP contribution in [-0.2, 0) is 0 Å². The van der Waals surface area contributed by atoms with Gasteiger partial charge in [-0.1, -0.05) is 0 Å². The number of nitrogens with zero attached hydrogens (tertiary/aromatic N) is 2. The van der Waals surface area contributed by atoms with Crippen molar-refractivity contribution >= 4 is 26.9 Å². The molecule has 0 saturated carbocycles. The van der Waals surface area contributed by atoms with Gasteiger partial charge >= 0.3 is 106 Å². The van der Waals surface area contributed by atoms with E-state index >= 15 is 0 Å². The van der Waals surface area contributed by atoms with E-state index in [0.29, 0.717) is 0 Å². The first-order valence-electron chi connectivity index (χ1n) is 5.00. The summed E-state index contributed by atoms with van der Waals surface area (Å²) >= 11 is 0.178. The van der Waals surface area contributed by atoms with Gasteiger partial charge in [-0.25, -0.2) is 0 Å². The van der Waals surface area contributed by atoms with E-state index in [-0.39, 0.29) is 14.7 Å². The number of hydrogen-bond acceptors (Lipinski definition) is 4. The fraction of sp³-hybridized carbons (Fsp3) is 0.167. The van der Waals surface area contributed by atoms with E-state index in [0.717, 1.165) is 22.8 Å². The Labute approximate surface area is 106 Å². The van der Waals surface area contributed by atoms with Crippen LogP contribution in [0.15, 0.2) is 23.1 Å². The van der Waals surface area contributed by atoms with Crippen LogP contribution in [0.1, 0.15) is 11.3 Å². The van der Waals surface area contributed by atoms with Gasteiger partial charge in [-0.15, -0.1) is 0 Å². The van der Waals surface area contributed by atoms with Gasteiger partial charge in [0.25, 0.3) is 0 Å². The van der Waals surface area contributed by atoms with E-state index in [1.54, 1.807) is 14.2 Å². The molecule has 0 N–H and O–H groups in total. The minimum absolute atomic E-state index is 0.178. The van der Waals surface area contributed by atoms with Crippen LogP contribution in [0.5, 0.6) is 11.5 Å². The summed E-state index contributed by atoms with van der Waals surface area (Å²) in [5.74, 6) is 1.45. The first kappa shape index (κ1) is 11.9. The minimum atomic E-state index is 0.178. The number of ether oxygens (including phenoxy) is 2. The van der Waals surface area contributed by atoms with Crippen molar-refractivity contribution in [2.75, 3.05) is 14.2 Å². The predicted molar refractivity (Wildman–Crippen MR) is 67.4 cm³/mol. The van der Waals surface area contributed by atoms with Crippen molar-refractivity contribution in [3.63, 3.8) is 0 Å². The van der Waals surface area contributed by atoms with Crippen molar-refractivity contribution in [3.8, 4) is 11.5 Å². The Balaban J connectivity index is 2.22. The number of methoxy groups -OCH3 is 2. The van der Waals surface area contributed by atoms with Crippen LogP contribution in [0.3, 0.4) is 0 Å². The number of aromatic nitrogens is 2. The Morgan fingerprint density at radius 3 is 2.59 bits per heavy atom. The molecule has 1 aromatic carbocycles. The average molecular weight is 295 g/mol. The zero-order valence-corrected chi connectivity index (χ0v) is 11.3. The van der Waals surface area contributed by atoms with Crippen molar-refractivity contribution < 1.29 is 9.47 Å². The third-order valence-corrected chi connectivity index (χ3v) is 3.33. The summed E-state index contributed by atoms with van der Waals surface area (Å²) in [5.41, 5.74) is 1.96. The second-order valence-electron chi connectivity index (χ2n) is 3.28. The van der Waals surface area contributed by atoms with Gasteiger partial charge in [0.05, 0.1) is 0 Å². The fourth-order valence-corrected chi connectivity index (χ4v) is 2.27. The average Bonchev–Trinajstić information content (AvgIpc) is 2.89. The first-order chi connectivity index (χ1) is 8.33. The van der Waals surface area contributed by atoms with Gasteiger partial charge in [0.15, 0.2) is 0 Å². The molecule has 0 bridgehead atoms. The molecule has 0 unspecified atom stereocenters. The predicted octanol–water partition coefficient (Wildman–Crippen LogP) is 1.72. The monoisotopic (exact) mass is 296 g/mol. The molecule has 0 aliphatic heterocycles. The second kappa shape index (κ2) is 5.66. The normalized spacial score (nSPS) is 10.7. The summed E-state index contributed by atoms with van der Waals surface area (Å²) < 4.78 is 14.4. The van der Waals surface area contributed by atoms with E-state index in [2.05, 4.69) is 9.19 Å². The quantitative estimate of drug-likeness (QED) is 0.806. The van der Waals surface area contributed by atoms with Crippen LogP contribution >= 0.6 is 0 Å². The summed E-state index contributed by atoms with van der Waals surface area (Å²) in [6, 6.07) is 5.77. The van der Waals surface area contributed by atoms with E-state index < -0.39 is 0 Å². The summed E-state index contributed by atoms with van der Waals surface area (Å²) in [7, 11) is 3.25. The topological polar surface area (TPSA) is 44.2 Å². The van der Waals surface area contributed by atoms with Gasteiger partial charge < -0.3 is 0 Å². The third-order valence-electron chi connectivity index (χ3n) is 2.23. The fourth-order valence-electron chi connectivity index (χ4n) is 1.38. The molecule has 0 saturated heterocycles. The maximum atomic E-state index is 5.24. The molecule has 5 heteroatoms. The molecule has 0 atom stereocenters. The molecule has 1 aromatic heterocycles. The summed E-state index contributed by atoms with van der Waals surface area (Å²) in [6.45, 7) is 0. The number of rotatable bonds is 4. The molecule has 2 aromatic rings. The Bertz CT molecular complexity index is 509. The van der Waals surface area contributed by atoms with Gasteiger partial charge in [0.2, 0.25) is 0 Å². The second-order valence-corrected chi connectivity index (χ2v) is 4.56. The number of benzene rings is 1. The van der Waals surface area contributed by atoms with Gasteiger partial charge in [0, 0.05) is 0 Å². The summed E-state index contributed by atoms with van der Waals surface area (Å²) in [4.78, 5) is 2.03. The molecule has 4 nitrogen and oxygen atoms in total. The number of hydrogen-bond donors (Lipinski definition) is 0. The van der Waals surface area contributed by atoms with Crippen molar-refractivity contribution in [1.82, 2.24) is 9.19 Å². The molecule has 17 heavy (non-hydrogen) atoms. The van der Waals surface area contributed by atoms with Crippen LogP contribution in [-0.4, -0.2) is 38.1 Å². The van der Waals surface area contributed by atoms with E-state index in [9.17, 15) is 0 Å². The third kappa shape index (κ3) is 2.96. The van der Waals surface area contributed by atoms with E-state index in [1.165, 1.54) is 0 Å². The SMILES string of the molecule is COc1ccc(/C=C/c2c[se]nn2)cc1OC. The molecule has 88 valence electrons. The van der Waals surface area contributed by atoms with Crippen molar-refractivity contribution in [3.05, 3.63) is 34.4 Å². The van der Waals surface area contributed by atoms with Crippen LogP contribution in [0.25, 0.3) is 12.2 Å². The molecule has 1 heterocycles. The molecule has 0 aliphatic carbocycles. The molecule has 2 rings (SSSR count). The van der Waals surface area contributed by atoms with E-state index in [1.807, 2.05) is 35.3 Å². The van der Waals surface area contributed by atoms with Crippen LogP contribution in [0.4, 0.5) is 0 Å². The first-order valence-corrected chi connectivity index (χ1v) is 6.76. The zero-order chi connectivity index (χ0) is 12.1. The molecule has 0 amide bonds. The standard InChI is InChI=1S/C12H12N2O2Se/c1-15-11-6-4-9(7-12(11)16-2)3-5-10-8-17-14-13-10/h3-8H,1-2H3/b5-3+. The molecular weight excluding hydrogens is 283 g/mol. The summed E-state index contributed by atoms with van der Waals surface area (Å²) in [6.07, 6.45) is 3.92. The molecule has 0 radical (unpaired) electrons. The van der Waals surface area contributed by atoms with E-state index in [4.69, 9.17) is 9.47 Å². The summed E-state index contributed by atoms with van der Waals surface area (Å²) in [5, 5.41) is 4.00.